The number of hydrogen-bond donors (Lipinski definition) is 9. The number of nitrogens with two attached hydrogens (primary N) is 3. The summed E-state index contributed by atoms with van der Waals surface area (Å²) in [6.07, 6.45) is 4.00. The summed E-state index contributed by atoms with van der Waals surface area (Å²) >= 11 is 0. The van der Waals surface area contributed by atoms with E-state index in [0.717, 1.165) is 22.0 Å². The van der Waals surface area contributed by atoms with Crippen molar-refractivity contribution in [3.8, 4) is 0 Å². The quantitative estimate of drug-likeness (QED) is 0.0968. The van der Waals surface area contributed by atoms with Crippen LogP contribution in [-0.4, -0.2) is 121 Å². The molecule has 2 aliphatic heterocycles. The molecule has 6 rings (SSSR count). The predicted molar refractivity (Wildman–Crippen MR) is 245 cm³/mol. The van der Waals surface area contributed by atoms with Gasteiger partial charge in [0.1, 0.15) is 30.2 Å². The van der Waals surface area contributed by atoms with Gasteiger partial charge in [-0.3, -0.25) is 38.4 Å². The zero-order chi connectivity index (χ0) is 48.4. The molecule has 0 unspecified atom stereocenters. The number of aromatic nitrogens is 4. The van der Waals surface area contributed by atoms with Crippen LogP contribution in [0, 0.1) is 12.8 Å². The van der Waals surface area contributed by atoms with Gasteiger partial charge in [-0.05, 0) is 49.3 Å². The Bertz CT molecular complexity index is 2450. The zero-order valence-corrected chi connectivity index (χ0v) is 38.0. The molecule has 21 heteroatoms. The molecule has 8 atom stereocenters. The van der Waals surface area contributed by atoms with E-state index in [9.17, 15) is 33.6 Å². The van der Waals surface area contributed by atoms with Gasteiger partial charge in [-0.2, -0.15) is 0 Å². The standard InChI is InChI=1S/C46H61N13O8/c1-4-26(3)40-46(67)58-24-30(59-23-29(56-57-59)17-27-14-12-25(2)13-15-27)19-37(58)45(66)54-35(18-28-22-51-33-10-6-5-9-31(28)33)43(64)52-34(41(49)62)11-7-8-16-50-39(61)20-32(47)42(63)53-36(21-38(48)60)44(65)55-40/h5-6,9-10,12-15,22-23,26,30,32,34-37,40,51H,4,7-8,11,16-21,24,47H2,1-3H3,(H2,48,60)(H2,49,62)(H,50,61)(H,52,64)(H,53,63)(H,54,66)(H,55,65)/t26-,30-,32-,34-,35-,36-,37-,40-/m0/s1. The van der Waals surface area contributed by atoms with Crippen LogP contribution in [0.2, 0.25) is 0 Å². The predicted octanol–water partition coefficient (Wildman–Crippen LogP) is -0.593. The van der Waals surface area contributed by atoms with Gasteiger partial charge in [-0.15, -0.1) is 5.10 Å². The number of carbonyl (C=O) groups excluding carboxylic acids is 8. The Morgan fingerprint density at radius 2 is 1.60 bits per heavy atom. The van der Waals surface area contributed by atoms with Crippen molar-refractivity contribution in [2.24, 2.45) is 23.1 Å². The number of rotatable bonds is 10. The van der Waals surface area contributed by atoms with E-state index in [2.05, 4.69) is 41.9 Å². The van der Waals surface area contributed by atoms with E-state index < -0.39 is 108 Å². The number of primary amides is 2. The maximum Gasteiger partial charge on any atom is 0.246 e. The number of aromatic amines is 1. The number of fused-ring (bicyclic) bond motifs is 2. The van der Waals surface area contributed by atoms with Crippen molar-refractivity contribution in [2.75, 3.05) is 13.1 Å². The topological polar surface area (TPSA) is 325 Å². The molecular weight excluding hydrogens is 863 g/mol. The van der Waals surface area contributed by atoms with E-state index in [1.54, 1.807) is 30.9 Å². The largest absolute Gasteiger partial charge is 0.370 e. The van der Waals surface area contributed by atoms with Crippen LogP contribution < -0.4 is 43.8 Å². The molecule has 2 saturated heterocycles. The Morgan fingerprint density at radius 1 is 0.881 bits per heavy atom. The summed E-state index contributed by atoms with van der Waals surface area (Å²) in [5.41, 5.74) is 21.6. The van der Waals surface area contributed by atoms with E-state index in [1.807, 2.05) is 55.5 Å². The van der Waals surface area contributed by atoms with Gasteiger partial charge in [0.05, 0.1) is 30.6 Å². The highest BCUT2D eigenvalue weighted by Gasteiger charge is 2.45. The summed E-state index contributed by atoms with van der Waals surface area (Å²) in [5, 5.41) is 23.0. The van der Waals surface area contributed by atoms with E-state index >= 15 is 4.79 Å². The molecule has 21 nitrogen and oxygen atoms in total. The SMILES string of the molecule is CC[C@H](C)[C@@H]1NC(=O)[C@H](CC(N)=O)NC(=O)[C@@H](N)CC(=O)NCCCC[C@@H](C(N)=O)NC(=O)[C@H](Cc2c[nH]c3ccccc23)NC(=O)[C@@H]2C[C@H](n3cc(Cc4ccc(C)cc4)nn3)CN2C1=O. The third-order valence-corrected chi connectivity index (χ3v) is 12.5. The summed E-state index contributed by atoms with van der Waals surface area (Å²) in [6.45, 7) is 5.58. The lowest BCUT2D eigenvalue weighted by Gasteiger charge is -2.33. The molecule has 12 N–H and O–H groups in total. The first-order valence-electron chi connectivity index (χ1n) is 22.6. The van der Waals surface area contributed by atoms with E-state index in [0.29, 0.717) is 36.9 Å². The number of amides is 8. The zero-order valence-electron chi connectivity index (χ0n) is 38.0. The smallest absolute Gasteiger partial charge is 0.246 e. The van der Waals surface area contributed by atoms with Gasteiger partial charge in [0, 0.05) is 55.6 Å². The highest BCUT2D eigenvalue weighted by Crippen LogP contribution is 2.30. The number of benzene rings is 2. The number of aryl methyl sites for hydroxylation is 1. The summed E-state index contributed by atoms with van der Waals surface area (Å²) in [5.74, 6) is -6.77. The number of nitrogens with one attached hydrogen (secondary N) is 6. The average Bonchev–Trinajstić information content (AvgIpc) is 4.06. The highest BCUT2D eigenvalue weighted by atomic mass is 16.2. The first kappa shape index (κ1) is 49.3. The molecule has 0 spiro atoms. The third-order valence-electron chi connectivity index (χ3n) is 12.5. The van der Waals surface area contributed by atoms with E-state index in [1.165, 1.54) is 4.90 Å². The van der Waals surface area contributed by atoms with Crippen molar-refractivity contribution in [1.82, 2.24) is 51.5 Å². The number of nitrogens with zero attached hydrogens (tertiary/aromatic N) is 4. The first-order chi connectivity index (χ1) is 32.0. The van der Waals surface area contributed by atoms with Crippen molar-refractivity contribution >= 4 is 58.2 Å². The summed E-state index contributed by atoms with van der Waals surface area (Å²) in [6, 6.07) is 6.87. The average molecular weight is 924 g/mol. The number of H-pyrrole nitrogens is 1. The molecule has 0 radical (unpaired) electrons. The maximum atomic E-state index is 15.0. The molecule has 8 amide bonds. The minimum Gasteiger partial charge on any atom is -0.370 e. The molecule has 0 saturated carbocycles. The molecule has 358 valence electrons. The molecule has 2 aliphatic rings. The van der Waals surface area contributed by atoms with Crippen molar-refractivity contribution in [3.63, 3.8) is 0 Å². The molecule has 2 aromatic heterocycles. The first-order valence-corrected chi connectivity index (χ1v) is 22.6. The van der Waals surface area contributed by atoms with Gasteiger partial charge in [-0.25, -0.2) is 4.68 Å². The normalized spacial score (nSPS) is 24.7. The summed E-state index contributed by atoms with van der Waals surface area (Å²) in [7, 11) is 0. The third kappa shape index (κ3) is 12.8. The molecule has 2 aromatic carbocycles. The Morgan fingerprint density at radius 3 is 2.31 bits per heavy atom. The van der Waals surface area contributed by atoms with E-state index in [4.69, 9.17) is 17.2 Å². The molecule has 2 fully saturated rings. The second kappa shape index (κ2) is 22.4. The van der Waals surface area contributed by atoms with E-state index in [-0.39, 0.29) is 32.4 Å². The van der Waals surface area contributed by atoms with Crippen LogP contribution in [0.4, 0.5) is 0 Å². The fraction of sp³-hybridized carbons (Fsp3) is 0.478. The fourth-order valence-electron chi connectivity index (χ4n) is 8.41. The Kier molecular flexibility index (Phi) is 16.4. The lowest BCUT2D eigenvalue weighted by molar-refractivity contribution is -0.143. The molecule has 4 heterocycles. The Labute approximate surface area is 387 Å². The lowest BCUT2D eigenvalue weighted by atomic mass is 9.96. The highest BCUT2D eigenvalue weighted by molar-refractivity contribution is 5.99. The van der Waals surface area contributed by atoms with Gasteiger partial charge < -0.3 is 53.7 Å². The molecular formula is C46H61N13O8. The molecule has 0 aliphatic carbocycles. The molecule has 67 heavy (non-hydrogen) atoms. The Hall–Kier alpha value is -7.16. The molecule has 0 bridgehead atoms. The lowest BCUT2D eigenvalue weighted by Crippen LogP contribution is -2.60. The fourth-order valence-corrected chi connectivity index (χ4v) is 8.41. The maximum absolute atomic E-state index is 15.0. The van der Waals surface area contributed by atoms with Crippen molar-refractivity contribution in [1.29, 1.82) is 0 Å². The van der Waals surface area contributed by atoms with Crippen LogP contribution in [0.3, 0.4) is 0 Å². The van der Waals surface area contributed by atoms with Gasteiger partial charge in [0.25, 0.3) is 0 Å². The van der Waals surface area contributed by atoms with Crippen LogP contribution in [0.5, 0.6) is 0 Å². The number of carbonyl (C=O) groups is 8. The molecule has 4 aromatic rings. The van der Waals surface area contributed by atoms with Crippen LogP contribution in [-0.2, 0) is 51.2 Å². The minimum atomic E-state index is -1.57. The van der Waals surface area contributed by atoms with Gasteiger partial charge in [-0.1, -0.05) is 73.5 Å². The van der Waals surface area contributed by atoms with Gasteiger partial charge >= 0.3 is 0 Å². The van der Waals surface area contributed by atoms with Crippen LogP contribution in [0.25, 0.3) is 10.9 Å². The van der Waals surface area contributed by atoms with Crippen molar-refractivity contribution in [2.45, 2.75) is 121 Å². The second-order valence-electron chi connectivity index (χ2n) is 17.6. The van der Waals surface area contributed by atoms with Crippen LogP contribution in [0.1, 0.15) is 87.2 Å². The van der Waals surface area contributed by atoms with Gasteiger partial charge in [0.15, 0.2) is 0 Å². The minimum absolute atomic E-state index is 0.0185. The monoisotopic (exact) mass is 923 g/mol. The van der Waals surface area contributed by atoms with Crippen LogP contribution >= 0.6 is 0 Å². The Balaban J connectivity index is 1.37. The van der Waals surface area contributed by atoms with Crippen LogP contribution in [0.15, 0.2) is 60.9 Å². The second-order valence-corrected chi connectivity index (χ2v) is 17.6. The van der Waals surface area contributed by atoms with Crippen molar-refractivity contribution < 1.29 is 38.4 Å². The number of para-hydroxylation sites is 1. The van der Waals surface area contributed by atoms with Gasteiger partial charge in [0.2, 0.25) is 47.3 Å². The summed E-state index contributed by atoms with van der Waals surface area (Å²) < 4.78 is 1.60. The number of hydrogen-bond acceptors (Lipinski definition) is 11. The summed E-state index contributed by atoms with van der Waals surface area (Å²) in [4.78, 5) is 114. The van der Waals surface area contributed by atoms with Crippen molar-refractivity contribution in [3.05, 3.63) is 83.3 Å².